The number of ether oxygens (including phenoxy) is 2. The molecule has 2 aromatic carbocycles. The minimum absolute atomic E-state index is 0.0118. The van der Waals surface area contributed by atoms with Gasteiger partial charge in [0.2, 0.25) is 0 Å². The average molecular weight is 570 g/mol. The van der Waals surface area contributed by atoms with Crippen LogP contribution in [0, 0.1) is 16.7 Å². The number of amides is 1. The molecular weight excluding hydrogens is 526 g/mol. The van der Waals surface area contributed by atoms with Crippen LogP contribution in [0.25, 0.3) is 0 Å². The summed E-state index contributed by atoms with van der Waals surface area (Å²) < 4.78 is 13.4. The van der Waals surface area contributed by atoms with Crippen LogP contribution < -0.4 is 5.32 Å². The van der Waals surface area contributed by atoms with Gasteiger partial charge in [0.15, 0.2) is 6.29 Å². The topological polar surface area (TPSA) is 83.9 Å². The van der Waals surface area contributed by atoms with Crippen molar-refractivity contribution in [2.24, 2.45) is 16.7 Å². The number of nitrogens with zero attached hydrogens (tertiary/aromatic N) is 2. The van der Waals surface area contributed by atoms with Crippen molar-refractivity contribution in [3.8, 4) is 0 Å². The molecule has 1 saturated carbocycles. The van der Waals surface area contributed by atoms with Gasteiger partial charge in [0.25, 0.3) is 5.91 Å². The molecule has 2 aliphatic heterocycles. The van der Waals surface area contributed by atoms with Crippen LogP contribution in [0.2, 0.25) is 0 Å². The second-order valence-corrected chi connectivity index (χ2v) is 13.8. The predicted octanol–water partition coefficient (Wildman–Crippen LogP) is 6.52. The summed E-state index contributed by atoms with van der Waals surface area (Å²) in [6.45, 7) is 11.5. The number of aliphatic hydroxyl groups is 1. The number of hydrogen-bond acceptors (Lipinski definition) is 6. The Morgan fingerprint density at radius 1 is 1.02 bits per heavy atom. The zero-order chi connectivity index (χ0) is 29.5. The van der Waals surface area contributed by atoms with Crippen LogP contribution >= 0.6 is 0 Å². The molecule has 1 aromatic heterocycles. The average Bonchev–Trinajstić information content (AvgIpc) is 3.22. The predicted molar refractivity (Wildman–Crippen MR) is 163 cm³/mol. The van der Waals surface area contributed by atoms with Crippen molar-refractivity contribution in [1.82, 2.24) is 9.88 Å². The van der Waals surface area contributed by atoms with Crippen molar-refractivity contribution >= 4 is 11.6 Å². The first-order chi connectivity index (χ1) is 20.1. The lowest BCUT2D eigenvalue weighted by Gasteiger charge is -2.43. The van der Waals surface area contributed by atoms with E-state index in [2.05, 4.69) is 55.0 Å². The number of benzene rings is 2. The Hall–Kier alpha value is -3.10. The van der Waals surface area contributed by atoms with Gasteiger partial charge >= 0.3 is 0 Å². The molecule has 3 aliphatic rings. The molecule has 2 bridgehead atoms. The summed E-state index contributed by atoms with van der Waals surface area (Å²) in [6, 6.07) is 19.9. The molecule has 2 saturated heterocycles. The van der Waals surface area contributed by atoms with Crippen molar-refractivity contribution in [2.75, 3.05) is 18.4 Å². The Bertz CT molecular complexity index is 1380. The molecule has 6 atom stereocenters. The van der Waals surface area contributed by atoms with Gasteiger partial charge in [-0.15, -0.1) is 0 Å². The van der Waals surface area contributed by atoms with Crippen molar-refractivity contribution < 1.29 is 19.4 Å². The largest absolute Gasteiger partial charge is 0.392 e. The number of aromatic nitrogens is 1. The first-order valence-corrected chi connectivity index (χ1v) is 15.2. The Balaban J connectivity index is 1.22. The third-order valence-electron chi connectivity index (χ3n) is 9.43. The minimum Gasteiger partial charge on any atom is -0.392 e. The van der Waals surface area contributed by atoms with Crippen LogP contribution in [0.1, 0.15) is 86.4 Å². The SMILES string of the molecule is C[C@@H]1[C@H](CN2CC3(C)CC2CC(C)(C)C3)O[C@H](c2ccc(NC(=O)c3cccnc3)cc2)O[C@@H]1c1ccc(CO)cc1. The van der Waals surface area contributed by atoms with E-state index in [-0.39, 0.29) is 30.6 Å². The fourth-order valence-electron chi connectivity index (χ4n) is 7.77. The highest BCUT2D eigenvalue weighted by Crippen LogP contribution is 2.53. The standard InChI is InChI=1S/C35H43N3O4/c1-23-30(19-38-22-35(4)17-29(38)16-34(2,3)21-35)41-33(42-31(23)25-9-7-24(20-39)8-10-25)26-11-13-28(14-12-26)37-32(40)27-6-5-15-36-18-27/h5-15,18,23,29-31,33,39H,16-17,19-22H2,1-4H3,(H,37,40)/t23-,29?,30+,31+,33+,35?/m1/s1. The van der Waals surface area contributed by atoms with Gasteiger partial charge in [-0.3, -0.25) is 14.7 Å². The normalized spacial score (nSPS) is 30.6. The van der Waals surface area contributed by atoms with Crippen LogP contribution in [-0.4, -0.2) is 46.1 Å². The number of likely N-dealkylation sites (tertiary alicyclic amines) is 1. The summed E-state index contributed by atoms with van der Waals surface area (Å²) in [5, 5.41) is 12.5. The van der Waals surface area contributed by atoms with E-state index in [1.807, 2.05) is 36.4 Å². The number of nitrogens with one attached hydrogen (secondary N) is 1. The molecule has 3 aromatic rings. The molecule has 3 fully saturated rings. The van der Waals surface area contributed by atoms with E-state index in [1.54, 1.807) is 24.5 Å². The zero-order valence-electron chi connectivity index (χ0n) is 25.1. The lowest BCUT2D eigenvalue weighted by atomic mass is 9.65. The lowest BCUT2D eigenvalue weighted by molar-refractivity contribution is -0.276. The molecule has 7 heteroatoms. The van der Waals surface area contributed by atoms with Crippen LogP contribution in [0.15, 0.2) is 73.1 Å². The Kier molecular flexibility index (Phi) is 7.96. The summed E-state index contributed by atoms with van der Waals surface area (Å²) in [6.07, 6.45) is 6.25. The summed E-state index contributed by atoms with van der Waals surface area (Å²) in [5.74, 6) is -0.0606. The monoisotopic (exact) mass is 569 g/mol. The van der Waals surface area contributed by atoms with Crippen LogP contribution in [0.4, 0.5) is 5.69 Å². The van der Waals surface area contributed by atoms with Crippen LogP contribution in [0.3, 0.4) is 0 Å². The lowest BCUT2D eigenvalue weighted by Crippen LogP contribution is -2.46. The molecule has 7 nitrogen and oxygen atoms in total. The van der Waals surface area contributed by atoms with E-state index in [1.165, 1.54) is 19.3 Å². The van der Waals surface area contributed by atoms with E-state index >= 15 is 0 Å². The van der Waals surface area contributed by atoms with E-state index in [0.717, 1.165) is 29.8 Å². The second kappa shape index (κ2) is 11.5. The summed E-state index contributed by atoms with van der Waals surface area (Å²) >= 11 is 0. The highest BCUT2D eigenvalue weighted by Gasteiger charge is 2.51. The molecule has 222 valence electrons. The van der Waals surface area contributed by atoms with Gasteiger partial charge in [0.1, 0.15) is 0 Å². The highest BCUT2D eigenvalue weighted by atomic mass is 16.7. The van der Waals surface area contributed by atoms with Crippen molar-refractivity contribution in [1.29, 1.82) is 0 Å². The Labute approximate surface area is 249 Å². The molecule has 2 N–H and O–H groups in total. The summed E-state index contributed by atoms with van der Waals surface area (Å²) in [4.78, 5) is 19.3. The van der Waals surface area contributed by atoms with Crippen molar-refractivity contribution in [2.45, 2.75) is 78.1 Å². The van der Waals surface area contributed by atoms with Gasteiger partial charge in [0.05, 0.1) is 24.4 Å². The maximum atomic E-state index is 12.6. The van der Waals surface area contributed by atoms with Gasteiger partial charge in [0, 0.05) is 48.7 Å². The molecule has 0 radical (unpaired) electrons. The third-order valence-corrected chi connectivity index (χ3v) is 9.43. The molecular formula is C35H43N3O4. The molecule has 2 unspecified atom stereocenters. The third kappa shape index (κ3) is 6.16. The molecule has 42 heavy (non-hydrogen) atoms. The van der Waals surface area contributed by atoms with E-state index in [9.17, 15) is 9.90 Å². The van der Waals surface area contributed by atoms with Gasteiger partial charge in [-0.2, -0.15) is 0 Å². The van der Waals surface area contributed by atoms with Gasteiger partial charge in [-0.1, -0.05) is 64.1 Å². The van der Waals surface area contributed by atoms with Crippen molar-refractivity contribution in [3.05, 3.63) is 95.3 Å². The molecule has 1 amide bonds. The smallest absolute Gasteiger partial charge is 0.257 e. The second-order valence-electron chi connectivity index (χ2n) is 13.8. The van der Waals surface area contributed by atoms with Gasteiger partial charge < -0.3 is 19.9 Å². The van der Waals surface area contributed by atoms with E-state index < -0.39 is 6.29 Å². The Morgan fingerprint density at radius 3 is 2.45 bits per heavy atom. The Morgan fingerprint density at radius 2 is 1.76 bits per heavy atom. The number of pyridine rings is 1. The number of hydrogen-bond donors (Lipinski definition) is 2. The van der Waals surface area contributed by atoms with Crippen LogP contribution in [-0.2, 0) is 16.1 Å². The number of fused-ring (bicyclic) bond motifs is 2. The maximum absolute atomic E-state index is 12.6. The molecule has 6 rings (SSSR count). The van der Waals surface area contributed by atoms with Crippen LogP contribution in [0.5, 0.6) is 0 Å². The number of carbonyl (C=O) groups excluding carboxylic acids is 1. The fourth-order valence-corrected chi connectivity index (χ4v) is 7.77. The molecule has 3 heterocycles. The molecule has 1 aliphatic carbocycles. The first-order valence-electron chi connectivity index (χ1n) is 15.2. The first kappa shape index (κ1) is 29.0. The summed E-state index contributed by atoms with van der Waals surface area (Å²) in [7, 11) is 0. The van der Waals surface area contributed by atoms with Gasteiger partial charge in [-0.05, 0) is 65.5 Å². The fraction of sp³-hybridized carbons (Fsp3) is 0.486. The number of carbonyl (C=O) groups is 1. The number of anilines is 1. The quantitative estimate of drug-likeness (QED) is 0.337. The number of rotatable bonds is 7. The maximum Gasteiger partial charge on any atom is 0.257 e. The highest BCUT2D eigenvalue weighted by molar-refractivity contribution is 6.04. The minimum atomic E-state index is -0.536. The number of aliphatic hydroxyl groups excluding tert-OH is 1. The zero-order valence-corrected chi connectivity index (χ0v) is 25.1. The van der Waals surface area contributed by atoms with Crippen molar-refractivity contribution in [3.63, 3.8) is 0 Å². The van der Waals surface area contributed by atoms with Gasteiger partial charge in [-0.25, -0.2) is 0 Å². The molecule has 0 spiro atoms. The van der Waals surface area contributed by atoms with E-state index in [4.69, 9.17) is 9.47 Å². The van der Waals surface area contributed by atoms with E-state index in [0.29, 0.717) is 28.1 Å². The summed E-state index contributed by atoms with van der Waals surface area (Å²) in [5.41, 5.74) is 4.82.